The molecule has 178 valence electrons. The van der Waals surface area contributed by atoms with Gasteiger partial charge in [0.2, 0.25) is 11.8 Å². The average Bonchev–Trinajstić information content (AvgIpc) is 3.54. The molecule has 1 amide bonds. The molecule has 0 spiro atoms. The molecule has 1 saturated carbocycles. The van der Waals surface area contributed by atoms with E-state index < -0.39 is 21.3 Å². The van der Waals surface area contributed by atoms with Crippen LogP contribution >= 0.6 is 0 Å². The van der Waals surface area contributed by atoms with Crippen LogP contribution in [-0.2, 0) is 20.2 Å². The second-order valence-electron chi connectivity index (χ2n) is 9.35. The van der Waals surface area contributed by atoms with Gasteiger partial charge in [-0.25, -0.2) is 18.1 Å². The molecule has 2 aliphatic rings. The zero-order valence-corrected chi connectivity index (χ0v) is 20.4. The van der Waals surface area contributed by atoms with Crippen molar-refractivity contribution in [3.63, 3.8) is 0 Å². The lowest BCUT2D eigenvalue weighted by atomic mass is 9.95. The number of fused-ring (bicyclic) bond motifs is 1. The minimum absolute atomic E-state index is 0.0350. The fraction of sp³-hybridized carbons (Fsp3) is 0.400. The molecule has 1 saturated heterocycles. The summed E-state index contributed by atoms with van der Waals surface area (Å²) in [5.74, 6) is -0.171. The molecule has 3 aromatic rings. The molecule has 2 fully saturated rings. The van der Waals surface area contributed by atoms with Crippen molar-refractivity contribution in [2.24, 2.45) is 0 Å². The van der Waals surface area contributed by atoms with Gasteiger partial charge in [-0.05, 0) is 70.4 Å². The number of amides is 1. The first kappa shape index (κ1) is 22.6. The zero-order chi connectivity index (χ0) is 24.1. The van der Waals surface area contributed by atoms with E-state index in [1.165, 1.54) is 6.07 Å². The Bertz CT molecular complexity index is 1380. The van der Waals surface area contributed by atoms with Crippen LogP contribution in [0, 0.1) is 6.92 Å². The summed E-state index contributed by atoms with van der Waals surface area (Å²) in [5, 5.41) is 0.475. The molecule has 1 aromatic carbocycles. The number of benzene rings is 1. The van der Waals surface area contributed by atoms with E-state index in [2.05, 4.69) is 19.6 Å². The van der Waals surface area contributed by atoms with Crippen LogP contribution in [0.5, 0.6) is 5.88 Å². The number of aryl methyl sites for hydroxylation is 1. The highest BCUT2D eigenvalue weighted by molar-refractivity contribution is 7.90. The van der Waals surface area contributed by atoms with Crippen molar-refractivity contribution in [1.82, 2.24) is 14.7 Å². The second-order valence-corrected chi connectivity index (χ2v) is 11.0. The van der Waals surface area contributed by atoms with Gasteiger partial charge in [0.25, 0.3) is 10.0 Å². The largest absolute Gasteiger partial charge is 0.475 e. The van der Waals surface area contributed by atoms with Gasteiger partial charge in [0.1, 0.15) is 0 Å². The van der Waals surface area contributed by atoms with Gasteiger partial charge >= 0.3 is 0 Å². The van der Waals surface area contributed by atoms with Crippen LogP contribution in [0.1, 0.15) is 44.4 Å². The smallest absolute Gasteiger partial charge is 0.264 e. The number of hydrogen-bond donors (Lipinski definition) is 1. The Morgan fingerprint density at radius 1 is 1.18 bits per heavy atom. The van der Waals surface area contributed by atoms with E-state index in [-0.39, 0.29) is 11.0 Å². The third-order valence-corrected chi connectivity index (χ3v) is 7.84. The van der Waals surface area contributed by atoms with E-state index in [1.807, 2.05) is 26.8 Å². The number of pyridine rings is 2. The van der Waals surface area contributed by atoms with Crippen LogP contribution in [0.3, 0.4) is 0 Å². The van der Waals surface area contributed by atoms with Crippen molar-refractivity contribution in [3.05, 3.63) is 53.9 Å². The van der Waals surface area contributed by atoms with Crippen LogP contribution in [0.15, 0.2) is 47.5 Å². The van der Waals surface area contributed by atoms with E-state index in [9.17, 15) is 13.2 Å². The highest BCUT2D eigenvalue weighted by Gasteiger charge is 2.54. The standard InChI is InChI=1S/C25H28N4O4S/c1-16(2)33-23-20(14-18(15-26-23)29-12-5-13-29)25(10-11-25)24(30)28-34(31,32)22-7-4-6-21-19(22)9-8-17(3)27-21/h4,6-9,14-16H,5,10-13H2,1-3H3,(H,28,30). The van der Waals surface area contributed by atoms with Gasteiger partial charge in [-0.1, -0.05) is 6.07 Å². The number of carbonyl (C=O) groups excluding carboxylic acids is 1. The zero-order valence-electron chi connectivity index (χ0n) is 19.5. The number of ether oxygens (including phenoxy) is 1. The van der Waals surface area contributed by atoms with Crippen molar-refractivity contribution in [2.45, 2.75) is 56.4 Å². The number of sulfonamides is 1. The highest BCUT2D eigenvalue weighted by atomic mass is 32.2. The minimum Gasteiger partial charge on any atom is -0.475 e. The maximum Gasteiger partial charge on any atom is 0.264 e. The fourth-order valence-corrected chi connectivity index (χ4v) is 5.60. The minimum atomic E-state index is -4.12. The predicted octanol–water partition coefficient (Wildman–Crippen LogP) is 3.47. The summed E-state index contributed by atoms with van der Waals surface area (Å²) in [4.78, 5) is 24.7. The quantitative estimate of drug-likeness (QED) is 0.552. The summed E-state index contributed by atoms with van der Waals surface area (Å²) in [5.41, 5.74) is 1.94. The SMILES string of the molecule is Cc1ccc2c(S(=O)(=O)NC(=O)C3(c4cc(N5CCC5)cnc4OC(C)C)CC3)cccc2n1. The summed E-state index contributed by atoms with van der Waals surface area (Å²) < 4.78 is 34.9. The van der Waals surface area contributed by atoms with Gasteiger partial charge in [0.05, 0.1) is 33.8 Å². The number of hydrogen-bond acceptors (Lipinski definition) is 7. The Labute approximate surface area is 199 Å². The molecular weight excluding hydrogens is 452 g/mol. The average molecular weight is 481 g/mol. The summed E-state index contributed by atoms with van der Waals surface area (Å²) in [6.45, 7) is 7.52. The van der Waals surface area contributed by atoms with Crippen molar-refractivity contribution in [3.8, 4) is 5.88 Å². The van der Waals surface area contributed by atoms with Gasteiger partial charge in [-0.2, -0.15) is 0 Å². The molecular formula is C25H28N4O4S. The van der Waals surface area contributed by atoms with Gasteiger partial charge in [0, 0.05) is 29.7 Å². The Morgan fingerprint density at radius 2 is 1.94 bits per heavy atom. The number of anilines is 1. The van der Waals surface area contributed by atoms with Crippen LogP contribution in [0.4, 0.5) is 5.69 Å². The molecule has 5 rings (SSSR count). The number of aromatic nitrogens is 2. The molecule has 1 aliphatic heterocycles. The lowest BCUT2D eigenvalue weighted by Crippen LogP contribution is -2.40. The number of nitrogens with one attached hydrogen (secondary N) is 1. The van der Waals surface area contributed by atoms with Gasteiger partial charge in [0.15, 0.2) is 0 Å². The predicted molar refractivity (Wildman–Crippen MR) is 130 cm³/mol. The number of carbonyl (C=O) groups is 1. The summed E-state index contributed by atoms with van der Waals surface area (Å²) in [7, 11) is -4.12. The first-order valence-corrected chi connectivity index (χ1v) is 13.0. The molecule has 8 nitrogen and oxygen atoms in total. The lowest BCUT2D eigenvalue weighted by molar-refractivity contribution is -0.121. The molecule has 0 bridgehead atoms. The maximum absolute atomic E-state index is 13.5. The molecule has 34 heavy (non-hydrogen) atoms. The topological polar surface area (TPSA) is 101 Å². The fourth-order valence-electron chi connectivity index (χ4n) is 4.33. The van der Waals surface area contributed by atoms with Crippen molar-refractivity contribution in [2.75, 3.05) is 18.0 Å². The molecule has 0 atom stereocenters. The second kappa shape index (κ2) is 8.23. The van der Waals surface area contributed by atoms with E-state index in [0.29, 0.717) is 35.2 Å². The number of rotatable bonds is 7. The van der Waals surface area contributed by atoms with Crippen LogP contribution in [0.25, 0.3) is 10.9 Å². The summed E-state index contributed by atoms with van der Waals surface area (Å²) in [6.07, 6.45) is 3.81. The monoisotopic (exact) mass is 480 g/mol. The molecule has 9 heteroatoms. The third-order valence-electron chi connectivity index (χ3n) is 6.45. The third kappa shape index (κ3) is 3.98. The van der Waals surface area contributed by atoms with Crippen molar-refractivity contribution >= 4 is 32.5 Å². The Balaban J connectivity index is 1.50. The molecule has 0 radical (unpaired) electrons. The molecule has 1 N–H and O–H groups in total. The Hall–Kier alpha value is -3.20. The van der Waals surface area contributed by atoms with Gasteiger partial charge < -0.3 is 9.64 Å². The highest BCUT2D eigenvalue weighted by Crippen LogP contribution is 2.52. The van der Waals surface area contributed by atoms with Crippen LogP contribution in [0.2, 0.25) is 0 Å². The Kier molecular flexibility index (Phi) is 5.47. The van der Waals surface area contributed by atoms with Crippen LogP contribution < -0.4 is 14.4 Å². The van der Waals surface area contributed by atoms with Crippen LogP contribution in [-0.4, -0.2) is 43.5 Å². The molecule has 3 heterocycles. The molecule has 1 aliphatic carbocycles. The summed E-state index contributed by atoms with van der Waals surface area (Å²) >= 11 is 0. The van der Waals surface area contributed by atoms with E-state index in [0.717, 1.165) is 30.9 Å². The first-order valence-electron chi connectivity index (χ1n) is 11.6. The first-order chi connectivity index (χ1) is 16.2. The summed E-state index contributed by atoms with van der Waals surface area (Å²) in [6, 6.07) is 10.3. The van der Waals surface area contributed by atoms with Crippen molar-refractivity contribution < 1.29 is 17.9 Å². The molecule has 0 unspecified atom stereocenters. The maximum atomic E-state index is 13.5. The van der Waals surface area contributed by atoms with Crippen molar-refractivity contribution in [1.29, 1.82) is 0 Å². The van der Waals surface area contributed by atoms with Gasteiger partial charge in [-0.15, -0.1) is 0 Å². The normalized spacial score (nSPS) is 16.9. The van der Waals surface area contributed by atoms with Gasteiger partial charge in [-0.3, -0.25) is 9.78 Å². The van der Waals surface area contributed by atoms with E-state index in [1.54, 1.807) is 30.5 Å². The number of nitrogens with zero attached hydrogens (tertiary/aromatic N) is 3. The van der Waals surface area contributed by atoms with E-state index >= 15 is 0 Å². The van der Waals surface area contributed by atoms with E-state index in [4.69, 9.17) is 4.74 Å². The Morgan fingerprint density at radius 3 is 2.59 bits per heavy atom. The lowest BCUT2D eigenvalue weighted by Gasteiger charge is -2.33. The molecule has 2 aromatic heterocycles.